The van der Waals surface area contributed by atoms with Crippen molar-refractivity contribution in [1.29, 1.82) is 5.26 Å². The van der Waals surface area contributed by atoms with Crippen molar-refractivity contribution in [3.8, 4) is 11.8 Å². The van der Waals surface area contributed by atoms with Crippen LogP contribution in [0.2, 0.25) is 5.02 Å². The summed E-state index contributed by atoms with van der Waals surface area (Å²) in [6.07, 6.45) is 0. The van der Waals surface area contributed by atoms with E-state index in [1.807, 2.05) is 32.0 Å². The largest absolute Gasteiger partial charge is 0.489 e. The quantitative estimate of drug-likeness (QED) is 0.924. The summed E-state index contributed by atoms with van der Waals surface area (Å²) >= 11 is 6.15. The van der Waals surface area contributed by atoms with Crippen LogP contribution in [0, 0.1) is 18.3 Å². The fraction of sp³-hybridized carbons (Fsp3) is 0.235. The lowest BCUT2D eigenvalue weighted by Gasteiger charge is -2.15. The highest BCUT2D eigenvalue weighted by Crippen LogP contribution is 2.27. The topological polar surface area (TPSA) is 59.0 Å². The second-order valence-corrected chi connectivity index (χ2v) is 5.44. The standard InChI is InChI=1S/C17H17ClN2O/c1-11-3-6-17(15(7-11)12(2)20)21-10-14-5-4-13(9-19)8-16(14)18/h3-8,12H,10,20H2,1-2H3. The van der Waals surface area contributed by atoms with E-state index in [1.54, 1.807) is 18.2 Å². The zero-order valence-corrected chi connectivity index (χ0v) is 12.8. The molecule has 0 aliphatic carbocycles. The molecule has 1 atom stereocenters. The van der Waals surface area contributed by atoms with Crippen molar-refractivity contribution in [3.63, 3.8) is 0 Å². The summed E-state index contributed by atoms with van der Waals surface area (Å²) in [7, 11) is 0. The van der Waals surface area contributed by atoms with Gasteiger partial charge in [-0.1, -0.05) is 35.4 Å². The zero-order chi connectivity index (χ0) is 15.4. The first-order valence-electron chi connectivity index (χ1n) is 6.68. The Morgan fingerprint density at radius 3 is 2.67 bits per heavy atom. The molecule has 0 bridgehead atoms. The maximum atomic E-state index is 8.83. The van der Waals surface area contributed by atoms with Crippen LogP contribution in [0.25, 0.3) is 0 Å². The van der Waals surface area contributed by atoms with E-state index in [4.69, 9.17) is 27.3 Å². The number of ether oxygens (including phenoxy) is 1. The van der Waals surface area contributed by atoms with E-state index >= 15 is 0 Å². The van der Waals surface area contributed by atoms with Crippen molar-refractivity contribution in [1.82, 2.24) is 0 Å². The van der Waals surface area contributed by atoms with Gasteiger partial charge in [-0.3, -0.25) is 0 Å². The molecule has 0 radical (unpaired) electrons. The monoisotopic (exact) mass is 300 g/mol. The van der Waals surface area contributed by atoms with Gasteiger partial charge in [0.1, 0.15) is 12.4 Å². The summed E-state index contributed by atoms with van der Waals surface area (Å²) in [6, 6.07) is 13.1. The van der Waals surface area contributed by atoms with Gasteiger partial charge in [0.05, 0.1) is 11.6 Å². The minimum atomic E-state index is -0.101. The van der Waals surface area contributed by atoms with E-state index in [1.165, 1.54) is 0 Å². The molecule has 2 aromatic rings. The minimum Gasteiger partial charge on any atom is -0.489 e. The van der Waals surface area contributed by atoms with Gasteiger partial charge in [0.15, 0.2) is 0 Å². The van der Waals surface area contributed by atoms with Crippen molar-refractivity contribution in [2.24, 2.45) is 5.73 Å². The lowest BCUT2D eigenvalue weighted by molar-refractivity contribution is 0.301. The smallest absolute Gasteiger partial charge is 0.124 e. The number of nitrogens with two attached hydrogens (primary N) is 1. The first kappa shape index (κ1) is 15.4. The Balaban J connectivity index is 2.19. The Bertz CT molecular complexity index is 690. The molecule has 1 unspecified atom stereocenters. The van der Waals surface area contributed by atoms with Crippen molar-refractivity contribution in [2.75, 3.05) is 0 Å². The Kier molecular flexibility index (Phi) is 4.85. The summed E-state index contributed by atoms with van der Waals surface area (Å²) in [5, 5.41) is 9.36. The van der Waals surface area contributed by atoms with E-state index in [9.17, 15) is 0 Å². The molecule has 0 spiro atoms. The third-order valence-corrected chi connectivity index (χ3v) is 3.57. The highest BCUT2D eigenvalue weighted by Gasteiger charge is 2.10. The first-order chi connectivity index (χ1) is 10.0. The average molecular weight is 301 g/mol. The summed E-state index contributed by atoms with van der Waals surface area (Å²) in [5.41, 5.74) is 9.47. The van der Waals surface area contributed by atoms with Crippen molar-refractivity contribution >= 4 is 11.6 Å². The lowest BCUT2D eigenvalue weighted by Crippen LogP contribution is -2.08. The lowest BCUT2D eigenvalue weighted by atomic mass is 10.1. The van der Waals surface area contributed by atoms with Crippen molar-refractivity contribution in [3.05, 3.63) is 63.7 Å². The Morgan fingerprint density at radius 1 is 1.29 bits per heavy atom. The van der Waals surface area contributed by atoms with Crippen LogP contribution in [0.3, 0.4) is 0 Å². The second-order valence-electron chi connectivity index (χ2n) is 5.04. The van der Waals surface area contributed by atoms with Crippen LogP contribution >= 0.6 is 11.6 Å². The third-order valence-electron chi connectivity index (χ3n) is 3.22. The number of hydrogen-bond donors (Lipinski definition) is 1. The minimum absolute atomic E-state index is 0.101. The van der Waals surface area contributed by atoms with Gasteiger partial charge < -0.3 is 10.5 Å². The summed E-state index contributed by atoms with van der Waals surface area (Å²) in [5.74, 6) is 0.760. The van der Waals surface area contributed by atoms with Crippen LogP contribution in [0.15, 0.2) is 36.4 Å². The Morgan fingerprint density at radius 2 is 2.05 bits per heavy atom. The number of halogens is 1. The number of nitriles is 1. The van der Waals surface area contributed by atoms with Crippen LogP contribution in [0.4, 0.5) is 0 Å². The van der Waals surface area contributed by atoms with Gasteiger partial charge in [-0.05, 0) is 32.0 Å². The van der Waals surface area contributed by atoms with Gasteiger partial charge >= 0.3 is 0 Å². The summed E-state index contributed by atoms with van der Waals surface area (Å²) < 4.78 is 5.85. The summed E-state index contributed by atoms with van der Waals surface area (Å²) in [6.45, 7) is 4.29. The number of aryl methyl sites for hydroxylation is 1. The van der Waals surface area contributed by atoms with Crippen LogP contribution in [0.5, 0.6) is 5.75 Å². The number of rotatable bonds is 4. The van der Waals surface area contributed by atoms with E-state index in [0.29, 0.717) is 17.2 Å². The summed E-state index contributed by atoms with van der Waals surface area (Å²) in [4.78, 5) is 0. The van der Waals surface area contributed by atoms with Gasteiger partial charge in [-0.15, -0.1) is 0 Å². The van der Waals surface area contributed by atoms with E-state index in [2.05, 4.69) is 6.07 Å². The average Bonchev–Trinajstić information content (AvgIpc) is 2.46. The molecule has 3 nitrogen and oxygen atoms in total. The van der Waals surface area contributed by atoms with E-state index in [0.717, 1.165) is 22.4 Å². The fourth-order valence-electron chi connectivity index (χ4n) is 2.04. The number of hydrogen-bond acceptors (Lipinski definition) is 3. The molecule has 0 amide bonds. The molecular formula is C17H17ClN2O. The predicted octanol–water partition coefficient (Wildman–Crippen LogP) is 4.12. The zero-order valence-electron chi connectivity index (χ0n) is 12.1. The van der Waals surface area contributed by atoms with Crippen LogP contribution in [0.1, 0.15) is 35.2 Å². The molecule has 2 rings (SSSR count). The molecule has 2 N–H and O–H groups in total. The molecule has 0 saturated heterocycles. The molecule has 0 saturated carbocycles. The van der Waals surface area contributed by atoms with Crippen LogP contribution in [-0.4, -0.2) is 0 Å². The molecule has 2 aromatic carbocycles. The van der Waals surface area contributed by atoms with Crippen LogP contribution in [-0.2, 0) is 6.61 Å². The highest BCUT2D eigenvalue weighted by atomic mass is 35.5. The number of benzene rings is 2. The van der Waals surface area contributed by atoms with Gasteiger partial charge in [0.25, 0.3) is 0 Å². The van der Waals surface area contributed by atoms with Crippen molar-refractivity contribution < 1.29 is 4.74 Å². The molecular weight excluding hydrogens is 284 g/mol. The highest BCUT2D eigenvalue weighted by molar-refractivity contribution is 6.31. The predicted molar refractivity (Wildman–Crippen MR) is 84.3 cm³/mol. The maximum Gasteiger partial charge on any atom is 0.124 e. The maximum absolute atomic E-state index is 8.83. The molecule has 108 valence electrons. The molecule has 0 aliphatic rings. The van der Waals surface area contributed by atoms with Gasteiger partial charge in [0, 0.05) is 22.2 Å². The molecule has 4 heteroatoms. The SMILES string of the molecule is Cc1ccc(OCc2ccc(C#N)cc2Cl)c(C(C)N)c1. The second kappa shape index (κ2) is 6.62. The van der Waals surface area contributed by atoms with Gasteiger partial charge in [-0.25, -0.2) is 0 Å². The Hall–Kier alpha value is -2.02. The molecule has 21 heavy (non-hydrogen) atoms. The molecule has 0 fully saturated rings. The van der Waals surface area contributed by atoms with E-state index < -0.39 is 0 Å². The number of nitrogens with zero attached hydrogens (tertiary/aromatic N) is 1. The van der Waals surface area contributed by atoms with Crippen LogP contribution < -0.4 is 10.5 Å². The molecule has 0 heterocycles. The van der Waals surface area contributed by atoms with Gasteiger partial charge in [0.2, 0.25) is 0 Å². The van der Waals surface area contributed by atoms with Crippen molar-refractivity contribution in [2.45, 2.75) is 26.5 Å². The first-order valence-corrected chi connectivity index (χ1v) is 7.06. The normalized spacial score (nSPS) is 11.8. The van der Waals surface area contributed by atoms with Gasteiger partial charge in [-0.2, -0.15) is 5.26 Å². The Labute approximate surface area is 129 Å². The molecule has 0 aliphatic heterocycles. The fourth-order valence-corrected chi connectivity index (χ4v) is 2.28. The third kappa shape index (κ3) is 3.75. The van der Waals surface area contributed by atoms with E-state index in [-0.39, 0.29) is 6.04 Å². The molecule has 0 aromatic heterocycles.